The van der Waals surface area contributed by atoms with E-state index in [0.717, 1.165) is 12.0 Å². The predicted octanol–water partition coefficient (Wildman–Crippen LogP) is 1.34. The van der Waals surface area contributed by atoms with Crippen molar-refractivity contribution in [2.45, 2.75) is 25.8 Å². The number of rotatable bonds is 5. The predicted molar refractivity (Wildman–Crippen MR) is 107 cm³/mol. The number of nitrogens with one attached hydrogen (secondary N) is 1. The molecule has 2 heterocycles. The van der Waals surface area contributed by atoms with E-state index in [1.54, 1.807) is 24.0 Å². The molecule has 1 fully saturated rings. The summed E-state index contributed by atoms with van der Waals surface area (Å²) in [4.78, 5) is 29.9. The molecule has 1 aromatic carbocycles. The second-order valence-electron chi connectivity index (χ2n) is 6.46. The number of carbonyl (C=O) groups excluding carboxylic acids is 2. The summed E-state index contributed by atoms with van der Waals surface area (Å²) < 4.78 is 4.87. The highest BCUT2D eigenvalue weighted by atomic mass is 35.5. The Morgan fingerprint density at radius 1 is 1.45 bits per heavy atom. The van der Waals surface area contributed by atoms with Gasteiger partial charge in [-0.3, -0.25) is 14.9 Å². The van der Waals surface area contributed by atoms with E-state index in [1.165, 1.54) is 5.01 Å². The van der Waals surface area contributed by atoms with Gasteiger partial charge in [-0.1, -0.05) is 23.7 Å². The molecule has 2 aliphatic heterocycles. The first-order valence-electron chi connectivity index (χ1n) is 9.30. The van der Waals surface area contributed by atoms with Crippen LogP contribution in [0, 0.1) is 11.5 Å². The lowest BCUT2D eigenvalue weighted by molar-refractivity contribution is -0.141. The van der Waals surface area contributed by atoms with Gasteiger partial charge in [-0.25, -0.2) is 10.0 Å². The molecular weight excluding hydrogens is 396 g/mol. The molecule has 3 rings (SSSR count). The van der Waals surface area contributed by atoms with Crippen LogP contribution in [-0.4, -0.2) is 65.7 Å². The maximum Gasteiger partial charge on any atom is 0.327 e. The van der Waals surface area contributed by atoms with E-state index in [4.69, 9.17) is 21.6 Å². The van der Waals surface area contributed by atoms with Crippen LogP contribution in [0.2, 0.25) is 5.02 Å². The smallest absolute Gasteiger partial charge is 0.327 e. The van der Waals surface area contributed by atoms with E-state index in [9.17, 15) is 9.59 Å². The highest BCUT2D eigenvalue weighted by molar-refractivity contribution is 6.30. The lowest BCUT2D eigenvalue weighted by Gasteiger charge is -2.25. The van der Waals surface area contributed by atoms with Crippen LogP contribution in [0.4, 0.5) is 0 Å². The molecule has 0 spiro atoms. The number of guanidine groups is 1. The summed E-state index contributed by atoms with van der Waals surface area (Å²) in [5.41, 5.74) is 1.50. The molecule has 1 atom stereocenters. The quantitative estimate of drug-likeness (QED) is 0.255. The van der Waals surface area contributed by atoms with Crippen molar-refractivity contribution in [3.05, 3.63) is 34.9 Å². The van der Waals surface area contributed by atoms with Crippen molar-refractivity contribution in [3.63, 3.8) is 0 Å². The SMILES string of the molecule is CCOC(=O)CN=C(NC#N)N1CC(N2CCCC2=O)C(c2ccc(Cl)cc2)=N1. The summed E-state index contributed by atoms with van der Waals surface area (Å²) in [7, 11) is 0. The Labute approximate surface area is 173 Å². The molecule has 0 aromatic heterocycles. The van der Waals surface area contributed by atoms with Crippen molar-refractivity contribution >= 4 is 35.1 Å². The molecule has 29 heavy (non-hydrogen) atoms. The minimum Gasteiger partial charge on any atom is -0.465 e. The second kappa shape index (κ2) is 9.39. The van der Waals surface area contributed by atoms with Crippen molar-refractivity contribution in [1.82, 2.24) is 15.2 Å². The Kier molecular flexibility index (Phi) is 6.67. The first-order valence-corrected chi connectivity index (χ1v) is 9.68. The minimum absolute atomic E-state index is 0.0665. The molecule has 9 nitrogen and oxygen atoms in total. The van der Waals surface area contributed by atoms with Crippen molar-refractivity contribution in [2.75, 3.05) is 26.2 Å². The number of hydrogen-bond donors (Lipinski definition) is 1. The van der Waals surface area contributed by atoms with Crippen molar-refractivity contribution < 1.29 is 14.3 Å². The Morgan fingerprint density at radius 3 is 2.83 bits per heavy atom. The van der Waals surface area contributed by atoms with Gasteiger partial charge in [-0.15, -0.1) is 0 Å². The zero-order chi connectivity index (χ0) is 20.8. The number of esters is 1. The molecule has 1 amide bonds. The molecule has 0 aliphatic carbocycles. The van der Waals surface area contributed by atoms with E-state index in [2.05, 4.69) is 15.4 Å². The number of amides is 1. The zero-order valence-corrected chi connectivity index (χ0v) is 16.7. The van der Waals surface area contributed by atoms with Gasteiger partial charge < -0.3 is 9.64 Å². The van der Waals surface area contributed by atoms with Gasteiger partial charge in [0.2, 0.25) is 11.9 Å². The van der Waals surface area contributed by atoms with Gasteiger partial charge in [0.15, 0.2) is 6.19 Å². The normalized spacial score (nSPS) is 19.2. The Balaban J connectivity index is 1.90. The number of nitrogens with zero attached hydrogens (tertiary/aromatic N) is 5. The first kappa shape index (κ1) is 20.6. The summed E-state index contributed by atoms with van der Waals surface area (Å²) in [6, 6.07) is 6.90. The number of hydrazone groups is 1. The number of ether oxygens (including phenoxy) is 1. The molecule has 1 saturated heterocycles. The second-order valence-corrected chi connectivity index (χ2v) is 6.90. The van der Waals surface area contributed by atoms with Crippen LogP contribution in [0.3, 0.4) is 0 Å². The highest BCUT2D eigenvalue weighted by Crippen LogP contribution is 2.24. The lowest BCUT2D eigenvalue weighted by Crippen LogP contribution is -2.45. The van der Waals surface area contributed by atoms with Gasteiger partial charge in [0.1, 0.15) is 6.54 Å². The number of aliphatic imine (C=N–C) groups is 1. The van der Waals surface area contributed by atoms with Crippen LogP contribution < -0.4 is 5.32 Å². The summed E-state index contributed by atoms with van der Waals surface area (Å²) in [6.07, 6.45) is 3.11. The van der Waals surface area contributed by atoms with Gasteiger partial charge in [0.25, 0.3) is 0 Å². The van der Waals surface area contributed by atoms with Gasteiger partial charge in [0.05, 0.1) is 24.9 Å². The fourth-order valence-corrected chi connectivity index (χ4v) is 3.44. The summed E-state index contributed by atoms with van der Waals surface area (Å²) in [6.45, 7) is 2.67. The molecule has 1 unspecified atom stereocenters. The number of benzene rings is 1. The van der Waals surface area contributed by atoms with Crippen LogP contribution in [0.25, 0.3) is 0 Å². The topological polar surface area (TPSA) is 110 Å². The first-order chi connectivity index (χ1) is 14.0. The molecular formula is C19H21ClN6O3. The number of nitriles is 1. The Morgan fingerprint density at radius 2 is 2.21 bits per heavy atom. The molecule has 10 heteroatoms. The molecule has 1 aromatic rings. The van der Waals surface area contributed by atoms with Gasteiger partial charge >= 0.3 is 5.97 Å². The van der Waals surface area contributed by atoms with Crippen LogP contribution >= 0.6 is 11.6 Å². The summed E-state index contributed by atoms with van der Waals surface area (Å²) >= 11 is 6.00. The number of likely N-dealkylation sites (tertiary alicyclic amines) is 1. The van der Waals surface area contributed by atoms with Crippen molar-refractivity contribution in [3.8, 4) is 6.19 Å². The standard InChI is InChI=1S/C19H21ClN6O3/c1-2-29-17(28)10-22-19(23-12-21)26-11-15(25-9-3-4-16(25)27)18(24-26)13-5-7-14(20)8-6-13/h5-8,15H,2-4,9-11H2,1H3,(H,22,23). The number of carbonyl (C=O) groups is 2. The number of halogens is 1. The van der Waals surface area contributed by atoms with Gasteiger partial charge in [-0.2, -0.15) is 10.4 Å². The van der Waals surface area contributed by atoms with Crippen LogP contribution in [0.5, 0.6) is 0 Å². The third-order valence-electron chi connectivity index (χ3n) is 4.59. The molecule has 0 radical (unpaired) electrons. The molecule has 0 saturated carbocycles. The van der Waals surface area contributed by atoms with E-state index in [0.29, 0.717) is 30.2 Å². The van der Waals surface area contributed by atoms with Gasteiger partial charge in [0, 0.05) is 23.6 Å². The van der Waals surface area contributed by atoms with Crippen molar-refractivity contribution in [1.29, 1.82) is 5.26 Å². The molecule has 1 N–H and O–H groups in total. The number of hydrogen-bond acceptors (Lipinski definition) is 6. The maximum atomic E-state index is 12.4. The zero-order valence-electron chi connectivity index (χ0n) is 16.0. The van der Waals surface area contributed by atoms with E-state index in [1.807, 2.05) is 18.3 Å². The maximum absolute atomic E-state index is 12.4. The Bertz CT molecular complexity index is 877. The van der Waals surface area contributed by atoms with Crippen LogP contribution in [0.1, 0.15) is 25.3 Å². The van der Waals surface area contributed by atoms with Crippen molar-refractivity contribution in [2.24, 2.45) is 10.1 Å². The average Bonchev–Trinajstić information content (AvgIpc) is 3.32. The fraction of sp³-hybridized carbons (Fsp3) is 0.421. The lowest BCUT2D eigenvalue weighted by atomic mass is 10.0. The van der Waals surface area contributed by atoms with E-state index >= 15 is 0 Å². The third-order valence-corrected chi connectivity index (χ3v) is 4.84. The molecule has 0 bridgehead atoms. The average molecular weight is 417 g/mol. The monoisotopic (exact) mass is 416 g/mol. The minimum atomic E-state index is -0.503. The summed E-state index contributed by atoms with van der Waals surface area (Å²) in [5.74, 6) is -0.310. The van der Waals surface area contributed by atoms with Crippen LogP contribution in [-0.2, 0) is 14.3 Å². The summed E-state index contributed by atoms with van der Waals surface area (Å²) in [5, 5.41) is 18.3. The van der Waals surface area contributed by atoms with E-state index < -0.39 is 5.97 Å². The van der Waals surface area contributed by atoms with Gasteiger partial charge in [-0.05, 0) is 25.5 Å². The Hall–Kier alpha value is -3.12. The van der Waals surface area contributed by atoms with E-state index in [-0.39, 0.29) is 31.1 Å². The highest BCUT2D eigenvalue weighted by Gasteiger charge is 2.38. The molecule has 152 valence electrons. The third kappa shape index (κ3) is 4.84. The fourth-order valence-electron chi connectivity index (χ4n) is 3.32. The molecule has 2 aliphatic rings. The largest absolute Gasteiger partial charge is 0.465 e. The van der Waals surface area contributed by atoms with Crippen LogP contribution in [0.15, 0.2) is 34.4 Å².